The van der Waals surface area contributed by atoms with Crippen LogP contribution in [0.3, 0.4) is 0 Å². The number of nitrogens with one attached hydrogen (secondary N) is 1. The van der Waals surface area contributed by atoms with E-state index in [0.717, 1.165) is 12.1 Å². The van der Waals surface area contributed by atoms with Crippen LogP contribution < -0.4 is 5.32 Å². The molecule has 0 unspecified atom stereocenters. The maximum Gasteiger partial charge on any atom is 0.333 e. The van der Waals surface area contributed by atoms with E-state index in [2.05, 4.69) is 38.2 Å². The molecule has 0 aromatic heterocycles. The molecule has 0 aromatic rings. The maximum absolute atomic E-state index is 11.3. The summed E-state index contributed by atoms with van der Waals surface area (Å²) in [6, 6.07) is 0. The van der Waals surface area contributed by atoms with Crippen molar-refractivity contribution in [3.63, 3.8) is 0 Å². The van der Waals surface area contributed by atoms with E-state index in [0.29, 0.717) is 13.0 Å². The predicted molar refractivity (Wildman–Crippen MR) is 71.0 cm³/mol. The number of rotatable bonds is 7. The van der Waals surface area contributed by atoms with E-state index < -0.39 is 0 Å². The largest absolute Gasteiger partial charge is 0.466 e. The minimum absolute atomic E-state index is 0.103. The molecular weight excluding hydrogens is 216 g/mol. The van der Waals surface area contributed by atoms with Crippen LogP contribution in [0.25, 0.3) is 0 Å². The number of carbonyl (C=O) groups is 1. The van der Waals surface area contributed by atoms with Gasteiger partial charge in [0.1, 0.15) is 0 Å². The zero-order chi connectivity index (χ0) is 13.5. The van der Waals surface area contributed by atoms with Crippen molar-refractivity contribution in [2.75, 3.05) is 34.3 Å². The Labute approximate surface area is 105 Å². The highest BCUT2D eigenvalue weighted by molar-refractivity contribution is 5.88. The van der Waals surface area contributed by atoms with Crippen LogP contribution in [0.15, 0.2) is 11.6 Å². The Morgan fingerprint density at radius 2 is 2.00 bits per heavy atom. The van der Waals surface area contributed by atoms with Crippen molar-refractivity contribution in [3.05, 3.63) is 11.6 Å². The number of hydrogen-bond acceptors (Lipinski definition) is 4. The average molecular weight is 242 g/mol. The molecule has 0 fully saturated rings. The molecule has 0 aliphatic carbocycles. The quantitative estimate of drug-likeness (QED) is 0.416. The normalized spacial score (nSPS) is 13.0. The number of nitrogens with zero attached hydrogens (tertiary/aromatic N) is 1. The van der Waals surface area contributed by atoms with Gasteiger partial charge in [0.2, 0.25) is 0 Å². The van der Waals surface area contributed by atoms with Gasteiger partial charge in [-0.1, -0.05) is 13.0 Å². The molecule has 17 heavy (non-hydrogen) atoms. The molecule has 0 aliphatic heterocycles. The zero-order valence-electron chi connectivity index (χ0n) is 12.0. The number of hydrogen-bond donors (Lipinski definition) is 1. The lowest BCUT2D eigenvalue weighted by molar-refractivity contribution is -0.136. The summed E-state index contributed by atoms with van der Waals surface area (Å²) in [6.45, 7) is 7.85. The molecule has 0 radical (unpaired) electrons. The third kappa shape index (κ3) is 5.84. The van der Waals surface area contributed by atoms with Crippen molar-refractivity contribution < 1.29 is 9.53 Å². The van der Waals surface area contributed by atoms with Gasteiger partial charge in [0, 0.05) is 24.2 Å². The van der Waals surface area contributed by atoms with E-state index in [4.69, 9.17) is 4.74 Å². The fourth-order valence-corrected chi connectivity index (χ4v) is 1.23. The molecule has 0 heterocycles. The van der Waals surface area contributed by atoms with Crippen molar-refractivity contribution >= 4 is 5.97 Å². The van der Waals surface area contributed by atoms with E-state index in [1.54, 1.807) is 0 Å². The second kappa shape index (κ2) is 7.45. The first-order valence-corrected chi connectivity index (χ1v) is 6.00. The van der Waals surface area contributed by atoms with Crippen molar-refractivity contribution in [2.24, 2.45) is 0 Å². The summed E-state index contributed by atoms with van der Waals surface area (Å²) in [7, 11) is 5.53. The van der Waals surface area contributed by atoms with Crippen molar-refractivity contribution in [1.82, 2.24) is 10.2 Å². The molecular formula is C13H26N2O2. The Balaban J connectivity index is 4.13. The first-order valence-electron chi connectivity index (χ1n) is 6.00. The van der Waals surface area contributed by atoms with Crippen LogP contribution in [0.1, 0.15) is 27.2 Å². The summed E-state index contributed by atoms with van der Waals surface area (Å²) in [5, 5.41) is 3.32. The summed E-state index contributed by atoms with van der Waals surface area (Å²) in [4.78, 5) is 13.5. The van der Waals surface area contributed by atoms with Crippen LogP contribution >= 0.6 is 0 Å². The number of methoxy groups -OCH3 is 1. The summed E-state index contributed by atoms with van der Waals surface area (Å²) in [5.74, 6) is -0.235. The third-order valence-corrected chi connectivity index (χ3v) is 3.09. The number of esters is 1. The molecule has 0 saturated heterocycles. The highest BCUT2D eigenvalue weighted by Crippen LogP contribution is 2.07. The standard InChI is InChI=1S/C13H26N2O2/c1-7-11(12(16)17-6)8-9-14-10-13(2,3)15(4)5/h8,14H,7,9-10H2,1-6H3. The third-order valence-electron chi connectivity index (χ3n) is 3.09. The first-order chi connectivity index (χ1) is 7.85. The Kier molecular flexibility index (Phi) is 7.07. The molecule has 0 aromatic carbocycles. The van der Waals surface area contributed by atoms with Gasteiger partial charge in [-0.3, -0.25) is 0 Å². The average Bonchev–Trinajstić information content (AvgIpc) is 2.28. The van der Waals surface area contributed by atoms with Gasteiger partial charge in [0.15, 0.2) is 0 Å². The Morgan fingerprint density at radius 1 is 1.41 bits per heavy atom. The molecule has 4 heteroatoms. The van der Waals surface area contributed by atoms with Crippen LogP contribution in [0.2, 0.25) is 0 Å². The van der Waals surface area contributed by atoms with Gasteiger partial charge in [0.25, 0.3) is 0 Å². The fourth-order valence-electron chi connectivity index (χ4n) is 1.23. The topological polar surface area (TPSA) is 41.6 Å². The summed E-state index contributed by atoms with van der Waals surface area (Å²) in [5.41, 5.74) is 0.827. The number of likely N-dealkylation sites (N-methyl/N-ethyl adjacent to an activating group) is 1. The summed E-state index contributed by atoms with van der Waals surface area (Å²) >= 11 is 0. The van der Waals surface area contributed by atoms with Crippen molar-refractivity contribution in [1.29, 1.82) is 0 Å². The van der Waals surface area contributed by atoms with Crippen LogP contribution in [0, 0.1) is 0 Å². The van der Waals surface area contributed by atoms with Gasteiger partial charge >= 0.3 is 5.97 Å². The van der Waals surface area contributed by atoms with E-state index in [1.807, 2.05) is 13.0 Å². The molecule has 100 valence electrons. The highest BCUT2D eigenvalue weighted by Gasteiger charge is 2.19. The monoisotopic (exact) mass is 242 g/mol. The summed E-state index contributed by atoms with van der Waals surface area (Å²) in [6.07, 6.45) is 2.60. The highest BCUT2D eigenvalue weighted by atomic mass is 16.5. The van der Waals surface area contributed by atoms with Crippen LogP contribution in [0.5, 0.6) is 0 Å². The second-order valence-electron chi connectivity index (χ2n) is 4.91. The zero-order valence-corrected chi connectivity index (χ0v) is 12.0. The number of ether oxygens (including phenoxy) is 1. The van der Waals surface area contributed by atoms with E-state index in [-0.39, 0.29) is 11.5 Å². The lowest BCUT2D eigenvalue weighted by Gasteiger charge is -2.32. The minimum atomic E-state index is -0.235. The summed E-state index contributed by atoms with van der Waals surface area (Å²) < 4.78 is 4.70. The lowest BCUT2D eigenvalue weighted by Crippen LogP contribution is -2.46. The smallest absolute Gasteiger partial charge is 0.333 e. The first kappa shape index (κ1) is 16.1. The molecule has 0 rings (SSSR count). The Hall–Kier alpha value is -0.870. The van der Waals surface area contributed by atoms with Gasteiger partial charge in [-0.05, 0) is 34.4 Å². The molecule has 0 aliphatic rings. The molecule has 0 amide bonds. The lowest BCUT2D eigenvalue weighted by atomic mass is 10.0. The van der Waals surface area contributed by atoms with E-state index in [1.165, 1.54) is 7.11 Å². The van der Waals surface area contributed by atoms with Crippen molar-refractivity contribution in [2.45, 2.75) is 32.7 Å². The minimum Gasteiger partial charge on any atom is -0.466 e. The van der Waals surface area contributed by atoms with Crippen molar-refractivity contribution in [3.8, 4) is 0 Å². The molecule has 0 spiro atoms. The molecule has 1 N–H and O–H groups in total. The fraction of sp³-hybridized carbons (Fsp3) is 0.769. The molecule has 0 atom stereocenters. The van der Waals surface area contributed by atoms with E-state index in [9.17, 15) is 4.79 Å². The van der Waals surface area contributed by atoms with Crippen LogP contribution in [-0.4, -0.2) is 50.7 Å². The van der Waals surface area contributed by atoms with Gasteiger partial charge in [-0.2, -0.15) is 0 Å². The molecule has 4 nitrogen and oxygen atoms in total. The molecule has 0 bridgehead atoms. The van der Waals surface area contributed by atoms with Gasteiger partial charge in [0.05, 0.1) is 7.11 Å². The van der Waals surface area contributed by atoms with Crippen LogP contribution in [0.4, 0.5) is 0 Å². The Bertz CT molecular complexity index is 271. The SMILES string of the molecule is CCC(=CCNCC(C)(C)N(C)C)C(=O)OC. The van der Waals surface area contributed by atoms with Gasteiger partial charge < -0.3 is 15.0 Å². The van der Waals surface area contributed by atoms with Gasteiger partial charge in [-0.15, -0.1) is 0 Å². The predicted octanol–water partition coefficient (Wildman–Crippen LogP) is 1.43. The van der Waals surface area contributed by atoms with E-state index >= 15 is 0 Å². The van der Waals surface area contributed by atoms with Crippen LogP contribution in [-0.2, 0) is 9.53 Å². The number of carbonyl (C=O) groups excluding carboxylic acids is 1. The van der Waals surface area contributed by atoms with Gasteiger partial charge in [-0.25, -0.2) is 4.79 Å². The maximum atomic E-state index is 11.3. The Morgan fingerprint density at radius 3 is 2.41 bits per heavy atom. The second-order valence-corrected chi connectivity index (χ2v) is 4.91. The molecule has 0 saturated carbocycles.